The molecule has 2 aromatic rings. The predicted octanol–water partition coefficient (Wildman–Crippen LogP) is 3.60. The summed E-state index contributed by atoms with van der Waals surface area (Å²) in [6, 6.07) is 6.01. The minimum absolute atomic E-state index is 0.336. The lowest BCUT2D eigenvalue weighted by Crippen LogP contribution is -2.26. The quantitative estimate of drug-likeness (QED) is 0.929. The molecule has 1 fully saturated rings. The van der Waals surface area contributed by atoms with Crippen LogP contribution in [-0.4, -0.2) is 16.7 Å². The summed E-state index contributed by atoms with van der Waals surface area (Å²) in [5.41, 5.74) is 8.43. The van der Waals surface area contributed by atoms with Crippen molar-refractivity contribution in [2.45, 2.75) is 45.6 Å². The molecule has 1 aromatic carbocycles. The Bertz CT molecular complexity index is 611. The summed E-state index contributed by atoms with van der Waals surface area (Å²) in [6.45, 7) is 3.32. The highest BCUT2D eigenvalue weighted by atomic mass is 16.5. The van der Waals surface area contributed by atoms with Gasteiger partial charge in [-0.3, -0.25) is 0 Å². The zero-order chi connectivity index (χ0) is 14.2. The van der Waals surface area contributed by atoms with Gasteiger partial charge in [-0.05, 0) is 30.4 Å². The topological polar surface area (TPSA) is 53.1 Å². The molecule has 0 spiro atoms. The van der Waals surface area contributed by atoms with Gasteiger partial charge >= 0.3 is 0 Å². The molecule has 0 aliphatic heterocycles. The number of aromatic nitrogens is 2. The SMILES string of the molecule is COc1cccc2c1nc(N)n2CC1(C)CCCCC1. The van der Waals surface area contributed by atoms with Crippen LogP contribution in [0.1, 0.15) is 39.0 Å². The molecule has 4 nitrogen and oxygen atoms in total. The molecule has 0 saturated heterocycles. The van der Waals surface area contributed by atoms with E-state index in [0.29, 0.717) is 11.4 Å². The first-order chi connectivity index (χ1) is 9.63. The Morgan fingerprint density at radius 1 is 1.30 bits per heavy atom. The summed E-state index contributed by atoms with van der Waals surface area (Å²) in [5, 5.41) is 0. The number of para-hydroxylation sites is 1. The largest absolute Gasteiger partial charge is 0.494 e. The van der Waals surface area contributed by atoms with Gasteiger partial charge < -0.3 is 15.0 Å². The van der Waals surface area contributed by atoms with Crippen molar-refractivity contribution in [3.63, 3.8) is 0 Å². The van der Waals surface area contributed by atoms with E-state index in [4.69, 9.17) is 10.5 Å². The molecule has 0 bridgehead atoms. The zero-order valence-corrected chi connectivity index (χ0v) is 12.4. The molecule has 1 heterocycles. The standard InChI is InChI=1S/C16H23N3O/c1-16(9-4-3-5-10-16)11-19-12-7-6-8-13(20-2)14(12)18-15(19)17/h6-8H,3-5,9-11H2,1-2H3,(H2,17,18). The molecular formula is C16H23N3O. The third kappa shape index (κ3) is 2.23. The third-order valence-electron chi connectivity index (χ3n) is 4.59. The number of methoxy groups -OCH3 is 1. The van der Waals surface area contributed by atoms with Gasteiger partial charge in [0.05, 0.1) is 12.6 Å². The van der Waals surface area contributed by atoms with Crippen LogP contribution in [0, 0.1) is 5.41 Å². The Morgan fingerprint density at radius 3 is 2.75 bits per heavy atom. The highest BCUT2D eigenvalue weighted by Gasteiger charge is 2.28. The summed E-state index contributed by atoms with van der Waals surface area (Å²) in [5.74, 6) is 1.39. The van der Waals surface area contributed by atoms with Crippen molar-refractivity contribution in [3.8, 4) is 5.75 Å². The lowest BCUT2D eigenvalue weighted by molar-refractivity contribution is 0.186. The number of fused-ring (bicyclic) bond motifs is 1. The molecule has 0 amide bonds. The number of nitrogen functional groups attached to an aromatic ring is 1. The van der Waals surface area contributed by atoms with Crippen LogP contribution in [0.5, 0.6) is 5.75 Å². The fraction of sp³-hybridized carbons (Fsp3) is 0.562. The number of hydrogen-bond donors (Lipinski definition) is 1. The van der Waals surface area contributed by atoms with E-state index in [9.17, 15) is 0 Å². The van der Waals surface area contributed by atoms with E-state index in [-0.39, 0.29) is 0 Å². The summed E-state index contributed by atoms with van der Waals surface area (Å²) in [4.78, 5) is 4.50. The number of anilines is 1. The van der Waals surface area contributed by atoms with Gasteiger partial charge in [0.2, 0.25) is 5.95 Å². The van der Waals surface area contributed by atoms with Crippen LogP contribution in [0.25, 0.3) is 11.0 Å². The second-order valence-electron chi connectivity index (χ2n) is 6.26. The van der Waals surface area contributed by atoms with Gasteiger partial charge in [-0.1, -0.05) is 32.3 Å². The number of rotatable bonds is 3. The molecule has 2 N–H and O–H groups in total. The Kier molecular flexibility index (Phi) is 3.32. The zero-order valence-electron chi connectivity index (χ0n) is 12.4. The maximum Gasteiger partial charge on any atom is 0.201 e. The monoisotopic (exact) mass is 273 g/mol. The second kappa shape index (κ2) is 5.00. The van der Waals surface area contributed by atoms with Crippen LogP contribution < -0.4 is 10.5 Å². The van der Waals surface area contributed by atoms with Crippen molar-refractivity contribution in [2.75, 3.05) is 12.8 Å². The Labute approximate surface area is 119 Å². The average molecular weight is 273 g/mol. The molecular weight excluding hydrogens is 250 g/mol. The highest BCUT2D eigenvalue weighted by Crippen LogP contribution is 2.39. The number of nitrogens with two attached hydrogens (primary N) is 1. The number of benzene rings is 1. The van der Waals surface area contributed by atoms with E-state index in [0.717, 1.165) is 23.3 Å². The van der Waals surface area contributed by atoms with Crippen molar-refractivity contribution in [1.82, 2.24) is 9.55 Å². The Morgan fingerprint density at radius 2 is 2.05 bits per heavy atom. The van der Waals surface area contributed by atoms with E-state index in [1.54, 1.807) is 7.11 Å². The van der Waals surface area contributed by atoms with Crippen LogP contribution in [0.2, 0.25) is 0 Å². The molecule has 0 atom stereocenters. The van der Waals surface area contributed by atoms with Crippen LogP contribution in [0.4, 0.5) is 5.95 Å². The number of ether oxygens (including phenoxy) is 1. The first kappa shape index (κ1) is 13.3. The van der Waals surface area contributed by atoms with Gasteiger partial charge in [-0.2, -0.15) is 0 Å². The van der Waals surface area contributed by atoms with Crippen molar-refractivity contribution >= 4 is 17.0 Å². The molecule has 0 radical (unpaired) electrons. The third-order valence-corrected chi connectivity index (χ3v) is 4.59. The summed E-state index contributed by atoms with van der Waals surface area (Å²) in [6.07, 6.45) is 6.56. The molecule has 20 heavy (non-hydrogen) atoms. The van der Waals surface area contributed by atoms with Gasteiger partial charge in [0.25, 0.3) is 0 Å². The van der Waals surface area contributed by atoms with Crippen LogP contribution >= 0.6 is 0 Å². The van der Waals surface area contributed by atoms with E-state index in [1.165, 1.54) is 32.1 Å². The predicted molar refractivity (Wildman–Crippen MR) is 81.9 cm³/mol. The van der Waals surface area contributed by atoms with E-state index in [2.05, 4.69) is 22.5 Å². The van der Waals surface area contributed by atoms with E-state index < -0.39 is 0 Å². The molecule has 3 rings (SSSR count). The smallest absolute Gasteiger partial charge is 0.201 e. The fourth-order valence-corrected chi connectivity index (χ4v) is 3.42. The highest BCUT2D eigenvalue weighted by molar-refractivity contribution is 5.84. The summed E-state index contributed by atoms with van der Waals surface area (Å²) >= 11 is 0. The second-order valence-corrected chi connectivity index (χ2v) is 6.26. The van der Waals surface area contributed by atoms with Gasteiger partial charge in [-0.25, -0.2) is 4.98 Å². The number of imidazole rings is 1. The van der Waals surface area contributed by atoms with Crippen molar-refractivity contribution in [3.05, 3.63) is 18.2 Å². The van der Waals surface area contributed by atoms with Gasteiger partial charge in [0.15, 0.2) is 0 Å². The maximum atomic E-state index is 6.15. The lowest BCUT2D eigenvalue weighted by Gasteiger charge is -2.34. The van der Waals surface area contributed by atoms with Gasteiger partial charge in [0, 0.05) is 6.54 Å². The Hall–Kier alpha value is -1.71. The maximum absolute atomic E-state index is 6.15. The van der Waals surface area contributed by atoms with Crippen LogP contribution in [-0.2, 0) is 6.54 Å². The van der Waals surface area contributed by atoms with E-state index in [1.807, 2.05) is 12.1 Å². The number of nitrogens with zero attached hydrogens (tertiary/aromatic N) is 2. The Balaban J connectivity index is 2.01. The van der Waals surface area contributed by atoms with Crippen molar-refractivity contribution < 1.29 is 4.74 Å². The minimum Gasteiger partial charge on any atom is -0.494 e. The molecule has 1 aliphatic rings. The molecule has 108 valence electrons. The first-order valence-electron chi connectivity index (χ1n) is 7.42. The lowest BCUT2D eigenvalue weighted by atomic mass is 9.75. The molecule has 0 unspecified atom stereocenters. The van der Waals surface area contributed by atoms with E-state index >= 15 is 0 Å². The van der Waals surface area contributed by atoms with Crippen LogP contribution in [0.15, 0.2) is 18.2 Å². The van der Waals surface area contributed by atoms with Gasteiger partial charge in [0.1, 0.15) is 11.3 Å². The molecule has 1 aromatic heterocycles. The summed E-state index contributed by atoms with van der Waals surface area (Å²) < 4.78 is 7.54. The first-order valence-corrected chi connectivity index (χ1v) is 7.42. The number of hydrogen-bond acceptors (Lipinski definition) is 3. The molecule has 1 aliphatic carbocycles. The normalized spacial score (nSPS) is 18.3. The molecule has 1 saturated carbocycles. The van der Waals surface area contributed by atoms with Crippen molar-refractivity contribution in [2.24, 2.45) is 5.41 Å². The summed E-state index contributed by atoms with van der Waals surface area (Å²) in [7, 11) is 1.67. The molecule has 4 heteroatoms. The van der Waals surface area contributed by atoms with Crippen LogP contribution in [0.3, 0.4) is 0 Å². The van der Waals surface area contributed by atoms with Crippen molar-refractivity contribution in [1.29, 1.82) is 0 Å². The fourth-order valence-electron chi connectivity index (χ4n) is 3.42. The minimum atomic E-state index is 0.336. The van der Waals surface area contributed by atoms with Gasteiger partial charge in [-0.15, -0.1) is 0 Å². The average Bonchev–Trinajstić information content (AvgIpc) is 2.75.